The zero-order valence-electron chi connectivity index (χ0n) is 11.0. The summed E-state index contributed by atoms with van der Waals surface area (Å²) >= 11 is 1.57. The first-order valence-electron chi connectivity index (χ1n) is 6.49. The molecule has 0 aromatic carbocycles. The van der Waals surface area contributed by atoms with Crippen molar-refractivity contribution in [2.45, 2.75) is 30.6 Å². The second-order valence-electron chi connectivity index (χ2n) is 4.72. The van der Waals surface area contributed by atoms with Gasteiger partial charge in [0.05, 0.1) is 12.3 Å². The summed E-state index contributed by atoms with van der Waals surface area (Å²) < 4.78 is 5.55. The molecule has 1 fully saturated rings. The third-order valence-corrected chi connectivity index (χ3v) is 4.06. The number of hydrogen-bond donors (Lipinski definition) is 0. The minimum absolute atomic E-state index is 0.398. The maximum Gasteiger partial charge on any atom is 0.187 e. The zero-order valence-corrected chi connectivity index (χ0v) is 11.8. The highest BCUT2D eigenvalue weighted by molar-refractivity contribution is 7.98. The van der Waals surface area contributed by atoms with Gasteiger partial charge in [-0.1, -0.05) is 11.8 Å². The first-order valence-corrected chi connectivity index (χ1v) is 7.71. The maximum atomic E-state index is 5.55. The van der Waals surface area contributed by atoms with Crippen molar-refractivity contribution in [2.24, 2.45) is 0 Å². The Morgan fingerprint density at radius 1 is 1.42 bits per heavy atom. The third-order valence-electron chi connectivity index (χ3n) is 3.49. The predicted octanol–water partition coefficient (Wildman–Crippen LogP) is 3.13. The predicted molar refractivity (Wildman–Crippen MR) is 74.9 cm³/mol. The van der Waals surface area contributed by atoms with Gasteiger partial charge >= 0.3 is 0 Å². The summed E-state index contributed by atoms with van der Waals surface area (Å²) in [5.74, 6) is 1.07. The highest BCUT2D eigenvalue weighted by Gasteiger charge is 2.27. The van der Waals surface area contributed by atoms with Crippen LogP contribution in [0.25, 0.3) is 0 Å². The van der Waals surface area contributed by atoms with Crippen molar-refractivity contribution in [3.63, 3.8) is 0 Å². The molecule has 0 radical (unpaired) electrons. The van der Waals surface area contributed by atoms with E-state index in [2.05, 4.69) is 20.9 Å². The fourth-order valence-corrected chi connectivity index (χ4v) is 2.90. The van der Waals surface area contributed by atoms with Crippen molar-refractivity contribution in [1.29, 1.82) is 0 Å². The fourth-order valence-electron chi connectivity index (χ4n) is 2.58. The molecule has 19 heavy (non-hydrogen) atoms. The number of nitrogens with zero attached hydrogens (tertiary/aromatic N) is 3. The number of thioether (sulfide) groups is 1. The van der Waals surface area contributed by atoms with Crippen molar-refractivity contribution in [3.8, 4) is 0 Å². The average Bonchev–Trinajstić information content (AvgIpc) is 3.10. The van der Waals surface area contributed by atoms with Crippen LogP contribution < -0.4 is 0 Å². The zero-order chi connectivity index (χ0) is 13.1. The van der Waals surface area contributed by atoms with Gasteiger partial charge in [0.15, 0.2) is 5.16 Å². The topological polar surface area (TPSA) is 42.2 Å². The Morgan fingerprint density at radius 3 is 2.95 bits per heavy atom. The molecule has 0 N–H and O–H groups in total. The van der Waals surface area contributed by atoms with E-state index >= 15 is 0 Å². The van der Waals surface area contributed by atoms with Crippen LogP contribution in [0.15, 0.2) is 40.4 Å². The largest absolute Gasteiger partial charge is 0.468 e. The lowest BCUT2D eigenvalue weighted by Crippen LogP contribution is -2.22. The molecule has 2 aromatic rings. The maximum absolute atomic E-state index is 5.55. The summed E-state index contributed by atoms with van der Waals surface area (Å²) in [6.45, 7) is 2.00. The van der Waals surface area contributed by atoms with Crippen LogP contribution in [0.1, 0.15) is 30.2 Å². The van der Waals surface area contributed by atoms with Gasteiger partial charge in [-0.25, -0.2) is 9.97 Å². The van der Waals surface area contributed by atoms with Gasteiger partial charge in [0.1, 0.15) is 5.76 Å². The number of hydrogen-bond acceptors (Lipinski definition) is 5. The normalized spacial score (nSPS) is 19.9. The van der Waals surface area contributed by atoms with Crippen molar-refractivity contribution in [1.82, 2.24) is 14.9 Å². The summed E-state index contributed by atoms with van der Waals surface area (Å²) in [4.78, 5) is 11.1. The summed E-state index contributed by atoms with van der Waals surface area (Å²) in [6, 6.07) is 4.42. The Kier molecular flexibility index (Phi) is 3.84. The fraction of sp³-hybridized carbons (Fsp3) is 0.429. The van der Waals surface area contributed by atoms with Gasteiger partial charge in [0, 0.05) is 24.5 Å². The molecule has 1 atom stereocenters. The molecule has 0 aliphatic carbocycles. The van der Waals surface area contributed by atoms with E-state index in [1.807, 2.05) is 24.7 Å². The van der Waals surface area contributed by atoms with E-state index in [0.29, 0.717) is 6.04 Å². The van der Waals surface area contributed by atoms with Gasteiger partial charge < -0.3 is 4.42 Å². The van der Waals surface area contributed by atoms with Crippen LogP contribution in [0, 0.1) is 0 Å². The van der Waals surface area contributed by atoms with Crippen LogP contribution in [0.3, 0.4) is 0 Å². The van der Waals surface area contributed by atoms with Gasteiger partial charge in [-0.05, 0) is 37.8 Å². The summed E-state index contributed by atoms with van der Waals surface area (Å²) in [5, 5.41) is 0.827. The Labute approximate surface area is 117 Å². The second-order valence-corrected chi connectivity index (χ2v) is 5.50. The third kappa shape index (κ3) is 2.82. The molecular weight excluding hydrogens is 258 g/mol. The Hall–Kier alpha value is -1.33. The van der Waals surface area contributed by atoms with Crippen LogP contribution in [-0.4, -0.2) is 27.7 Å². The van der Waals surface area contributed by atoms with E-state index in [1.54, 1.807) is 18.0 Å². The molecule has 0 amide bonds. The van der Waals surface area contributed by atoms with E-state index in [-0.39, 0.29) is 0 Å². The van der Waals surface area contributed by atoms with Crippen LogP contribution in [0.4, 0.5) is 0 Å². The SMILES string of the molecule is CSc1ncc(CN2CCCC2c2ccco2)cn1. The molecule has 0 spiro atoms. The molecular formula is C14H17N3OS. The van der Waals surface area contributed by atoms with E-state index in [9.17, 15) is 0 Å². The summed E-state index contributed by atoms with van der Waals surface area (Å²) in [7, 11) is 0. The number of furan rings is 1. The number of likely N-dealkylation sites (tertiary alicyclic amines) is 1. The van der Waals surface area contributed by atoms with Crippen LogP contribution in [0.2, 0.25) is 0 Å². The molecule has 0 bridgehead atoms. The minimum Gasteiger partial charge on any atom is -0.468 e. The van der Waals surface area contributed by atoms with Gasteiger partial charge in [-0.15, -0.1) is 0 Å². The van der Waals surface area contributed by atoms with E-state index in [4.69, 9.17) is 4.42 Å². The molecule has 100 valence electrons. The number of rotatable bonds is 4. The summed E-state index contributed by atoms with van der Waals surface area (Å²) in [5.41, 5.74) is 1.16. The Bertz CT molecular complexity index is 512. The van der Waals surface area contributed by atoms with Crippen molar-refractivity contribution in [2.75, 3.05) is 12.8 Å². The van der Waals surface area contributed by atoms with Gasteiger partial charge in [0.2, 0.25) is 0 Å². The molecule has 3 rings (SSSR count). The summed E-state index contributed by atoms with van der Waals surface area (Å²) in [6.07, 6.45) is 9.98. The first-order chi connectivity index (χ1) is 9.36. The first kappa shape index (κ1) is 12.7. The molecule has 1 saturated heterocycles. The average molecular weight is 275 g/mol. The minimum atomic E-state index is 0.398. The Morgan fingerprint density at radius 2 is 2.26 bits per heavy atom. The smallest absolute Gasteiger partial charge is 0.187 e. The molecule has 2 aromatic heterocycles. The molecule has 3 heterocycles. The quantitative estimate of drug-likeness (QED) is 0.633. The second kappa shape index (κ2) is 5.75. The van der Waals surface area contributed by atoms with E-state index in [1.165, 1.54) is 6.42 Å². The highest BCUT2D eigenvalue weighted by atomic mass is 32.2. The van der Waals surface area contributed by atoms with Crippen LogP contribution in [-0.2, 0) is 6.54 Å². The highest BCUT2D eigenvalue weighted by Crippen LogP contribution is 2.33. The monoisotopic (exact) mass is 275 g/mol. The molecule has 1 aliphatic heterocycles. The van der Waals surface area contributed by atoms with Gasteiger partial charge in [0.25, 0.3) is 0 Å². The van der Waals surface area contributed by atoms with Crippen molar-refractivity contribution in [3.05, 3.63) is 42.1 Å². The molecule has 4 nitrogen and oxygen atoms in total. The lowest BCUT2D eigenvalue weighted by atomic mass is 10.1. The van der Waals surface area contributed by atoms with E-state index in [0.717, 1.165) is 36.0 Å². The van der Waals surface area contributed by atoms with Gasteiger partial charge in [-0.3, -0.25) is 4.90 Å². The standard InChI is InChI=1S/C14H17N3OS/c1-19-14-15-8-11(9-16-14)10-17-6-2-4-12(17)13-5-3-7-18-13/h3,5,7-9,12H,2,4,6,10H2,1H3. The van der Waals surface area contributed by atoms with E-state index < -0.39 is 0 Å². The van der Waals surface area contributed by atoms with Gasteiger partial charge in [-0.2, -0.15) is 0 Å². The van der Waals surface area contributed by atoms with Crippen LogP contribution in [0.5, 0.6) is 0 Å². The Balaban J connectivity index is 1.71. The number of aromatic nitrogens is 2. The van der Waals surface area contributed by atoms with Crippen LogP contribution >= 0.6 is 11.8 Å². The molecule has 1 unspecified atom stereocenters. The lowest BCUT2D eigenvalue weighted by molar-refractivity contribution is 0.220. The molecule has 1 aliphatic rings. The molecule has 5 heteroatoms. The molecule has 0 saturated carbocycles. The lowest BCUT2D eigenvalue weighted by Gasteiger charge is -2.22. The van der Waals surface area contributed by atoms with Crippen molar-refractivity contribution < 1.29 is 4.42 Å². The van der Waals surface area contributed by atoms with Crippen molar-refractivity contribution >= 4 is 11.8 Å².